The second kappa shape index (κ2) is 10.4. The zero-order chi connectivity index (χ0) is 18.0. The van der Waals surface area contributed by atoms with Crippen LogP contribution >= 0.6 is 11.3 Å². The minimum absolute atomic E-state index is 0.0465. The average Bonchev–Trinajstić information content (AvgIpc) is 3.26. The number of hydrogen-bond donors (Lipinski definition) is 1. The van der Waals surface area contributed by atoms with Gasteiger partial charge >= 0.3 is 0 Å². The molecule has 1 amide bonds. The van der Waals surface area contributed by atoms with Crippen LogP contribution in [0.2, 0.25) is 0 Å². The molecule has 0 radical (unpaired) electrons. The molecule has 0 spiro atoms. The Morgan fingerprint density at radius 1 is 1.31 bits per heavy atom. The van der Waals surface area contributed by atoms with Crippen LogP contribution in [0.15, 0.2) is 28.1 Å². The Morgan fingerprint density at radius 2 is 2.15 bits per heavy atom. The topological polar surface area (TPSA) is 67.6 Å². The summed E-state index contributed by atoms with van der Waals surface area (Å²) >= 11 is 1.60. The van der Waals surface area contributed by atoms with Crippen LogP contribution < -0.4 is 5.32 Å². The summed E-state index contributed by atoms with van der Waals surface area (Å²) in [5.41, 5.74) is 0.697. The Balaban J connectivity index is 1.26. The Bertz CT molecular complexity index is 649. The zero-order valence-electron chi connectivity index (χ0n) is 15.1. The van der Waals surface area contributed by atoms with Crippen molar-refractivity contribution in [2.45, 2.75) is 38.7 Å². The summed E-state index contributed by atoms with van der Waals surface area (Å²) in [5.74, 6) is 0.652. The summed E-state index contributed by atoms with van der Waals surface area (Å²) in [6, 6.07) is 5.80. The lowest BCUT2D eigenvalue weighted by atomic mass is 10.2. The van der Waals surface area contributed by atoms with Crippen molar-refractivity contribution < 1.29 is 14.1 Å². The molecule has 0 saturated carbocycles. The smallest absolute Gasteiger partial charge is 0.246 e. The summed E-state index contributed by atoms with van der Waals surface area (Å²) in [6.07, 6.45) is 6.29. The molecule has 2 aromatic rings. The van der Waals surface area contributed by atoms with Gasteiger partial charge in [-0.25, -0.2) is 0 Å². The molecule has 0 atom stereocenters. The molecule has 0 unspecified atom stereocenters. The first kappa shape index (κ1) is 19.1. The zero-order valence-corrected chi connectivity index (χ0v) is 15.9. The molecule has 0 bridgehead atoms. The molecule has 1 saturated heterocycles. The van der Waals surface area contributed by atoms with Crippen LogP contribution in [0.25, 0.3) is 10.6 Å². The maximum atomic E-state index is 11.8. The number of carbonyl (C=O) groups excluding carboxylic acids is 1. The van der Waals surface area contributed by atoms with E-state index in [-0.39, 0.29) is 19.1 Å². The number of nitrogens with one attached hydrogen (secondary N) is 1. The molecule has 3 rings (SSSR count). The summed E-state index contributed by atoms with van der Waals surface area (Å²) in [5, 5.41) is 8.88. The molecule has 7 heteroatoms. The molecule has 3 heterocycles. The van der Waals surface area contributed by atoms with Gasteiger partial charge in [-0.3, -0.25) is 4.79 Å². The van der Waals surface area contributed by atoms with Gasteiger partial charge in [0.05, 0.1) is 11.5 Å². The lowest BCUT2D eigenvalue weighted by Gasteiger charge is -2.19. The predicted octanol–water partition coefficient (Wildman–Crippen LogP) is 3.30. The van der Waals surface area contributed by atoms with Crippen LogP contribution in [0.1, 0.15) is 37.8 Å². The Kier molecular flexibility index (Phi) is 7.66. The molecule has 26 heavy (non-hydrogen) atoms. The number of amides is 1. The standard InChI is InChI=1S/C19H27N3O3S/c23-19(20-8-6-11-22-9-3-1-2-4-10-22)15-24-14-16-13-17(25-21-16)18-7-5-12-26-18/h5,7,12-13H,1-4,6,8-11,14-15H2,(H,20,23). The third-order valence-electron chi connectivity index (χ3n) is 4.48. The summed E-state index contributed by atoms with van der Waals surface area (Å²) in [6.45, 7) is 4.47. The van der Waals surface area contributed by atoms with Crippen molar-refractivity contribution in [2.24, 2.45) is 0 Å². The van der Waals surface area contributed by atoms with E-state index in [9.17, 15) is 4.79 Å². The van der Waals surface area contributed by atoms with Gasteiger partial charge in [-0.05, 0) is 50.3 Å². The van der Waals surface area contributed by atoms with E-state index in [0.717, 1.165) is 23.6 Å². The monoisotopic (exact) mass is 377 g/mol. The van der Waals surface area contributed by atoms with Crippen molar-refractivity contribution >= 4 is 17.2 Å². The highest BCUT2D eigenvalue weighted by Gasteiger charge is 2.10. The van der Waals surface area contributed by atoms with Crippen molar-refractivity contribution in [3.05, 3.63) is 29.3 Å². The molecule has 6 nitrogen and oxygen atoms in total. The van der Waals surface area contributed by atoms with Gasteiger partial charge in [-0.15, -0.1) is 11.3 Å². The van der Waals surface area contributed by atoms with Crippen LogP contribution in [-0.2, 0) is 16.1 Å². The number of thiophene rings is 1. The molecule has 1 aliphatic rings. The van der Waals surface area contributed by atoms with Crippen molar-refractivity contribution in [3.63, 3.8) is 0 Å². The van der Waals surface area contributed by atoms with Crippen LogP contribution in [-0.4, -0.2) is 48.7 Å². The number of aromatic nitrogens is 1. The molecule has 142 valence electrons. The van der Waals surface area contributed by atoms with E-state index in [2.05, 4.69) is 15.4 Å². The van der Waals surface area contributed by atoms with Crippen LogP contribution in [0, 0.1) is 0 Å². The van der Waals surface area contributed by atoms with E-state index in [1.54, 1.807) is 11.3 Å². The second-order valence-electron chi connectivity index (χ2n) is 6.61. The van der Waals surface area contributed by atoms with Crippen molar-refractivity contribution in [1.82, 2.24) is 15.4 Å². The van der Waals surface area contributed by atoms with E-state index in [4.69, 9.17) is 9.26 Å². The first-order valence-corrected chi connectivity index (χ1v) is 10.3. The predicted molar refractivity (Wildman–Crippen MR) is 102 cm³/mol. The molecule has 1 fully saturated rings. The van der Waals surface area contributed by atoms with Gasteiger partial charge in [0.2, 0.25) is 5.91 Å². The SMILES string of the molecule is O=C(COCc1cc(-c2cccs2)on1)NCCCN1CCCCCC1. The van der Waals surface area contributed by atoms with Gasteiger partial charge in [-0.1, -0.05) is 24.1 Å². The van der Waals surface area contributed by atoms with E-state index in [1.807, 2.05) is 23.6 Å². The van der Waals surface area contributed by atoms with E-state index >= 15 is 0 Å². The normalized spacial score (nSPS) is 15.7. The number of ether oxygens (including phenoxy) is 1. The lowest BCUT2D eigenvalue weighted by Crippen LogP contribution is -2.32. The summed E-state index contributed by atoms with van der Waals surface area (Å²) in [7, 11) is 0. The highest BCUT2D eigenvalue weighted by atomic mass is 32.1. The van der Waals surface area contributed by atoms with Crippen molar-refractivity contribution in [1.29, 1.82) is 0 Å². The fraction of sp³-hybridized carbons (Fsp3) is 0.579. The third-order valence-corrected chi connectivity index (χ3v) is 5.36. The van der Waals surface area contributed by atoms with Gasteiger partial charge in [-0.2, -0.15) is 0 Å². The summed E-state index contributed by atoms with van der Waals surface area (Å²) in [4.78, 5) is 15.4. The Hall–Kier alpha value is -1.70. The largest absolute Gasteiger partial charge is 0.365 e. The fourth-order valence-corrected chi connectivity index (χ4v) is 3.78. The fourth-order valence-electron chi connectivity index (χ4n) is 3.10. The second-order valence-corrected chi connectivity index (χ2v) is 7.56. The van der Waals surface area contributed by atoms with Gasteiger partial charge in [0, 0.05) is 12.6 Å². The number of hydrogen-bond acceptors (Lipinski definition) is 6. The molecular formula is C19H27N3O3S. The van der Waals surface area contributed by atoms with E-state index < -0.39 is 0 Å². The van der Waals surface area contributed by atoms with Crippen LogP contribution in [0.4, 0.5) is 0 Å². The molecule has 1 N–H and O–H groups in total. The number of nitrogens with zero attached hydrogens (tertiary/aromatic N) is 2. The Morgan fingerprint density at radius 3 is 2.92 bits per heavy atom. The van der Waals surface area contributed by atoms with E-state index in [0.29, 0.717) is 12.2 Å². The highest BCUT2D eigenvalue weighted by molar-refractivity contribution is 7.13. The number of likely N-dealkylation sites (tertiary alicyclic amines) is 1. The highest BCUT2D eigenvalue weighted by Crippen LogP contribution is 2.25. The first-order chi connectivity index (χ1) is 12.8. The molecule has 0 aliphatic carbocycles. The van der Waals surface area contributed by atoms with Gasteiger partial charge < -0.3 is 19.5 Å². The Labute approximate surface area is 158 Å². The molecule has 0 aromatic carbocycles. The quantitative estimate of drug-likeness (QED) is 0.679. The first-order valence-electron chi connectivity index (χ1n) is 9.37. The van der Waals surface area contributed by atoms with Crippen LogP contribution in [0.3, 0.4) is 0 Å². The lowest BCUT2D eigenvalue weighted by molar-refractivity contribution is -0.126. The minimum atomic E-state index is -0.0807. The number of rotatable bonds is 9. The van der Waals surface area contributed by atoms with Gasteiger partial charge in [0.15, 0.2) is 5.76 Å². The number of carbonyl (C=O) groups is 1. The minimum Gasteiger partial charge on any atom is -0.365 e. The average molecular weight is 378 g/mol. The molecular weight excluding hydrogens is 350 g/mol. The van der Waals surface area contributed by atoms with Crippen molar-refractivity contribution in [3.8, 4) is 10.6 Å². The van der Waals surface area contributed by atoms with Crippen LogP contribution in [0.5, 0.6) is 0 Å². The van der Waals surface area contributed by atoms with E-state index in [1.165, 1.54) is 38.8 Å². The third kappa shape index (κ3) is 6.23. The van der Waals surface area contributed by atoms with Gasteiger partial charge in [0.25, 0.3) is 0 Å². The van der Waals surface area contributed by atoms with Gasteiger partial charge in [0.1, 0.15) is 12.3 Å². The maximum absolute atomic E-state index is 11.8. The molecule has 2 aromatic heterocycles. The van der Waals surface area contributed by atoms with Crippen molar-refractivity contribution in [2.75, 3.05) is 32.8 Å². The molecule has 1 aliphatic heterocycles. The maximum Gasteiger partial charge on any atom is 0.246 e. The summed E-state index contributed by atoms with van der Waals surface area (Å²) < 4.78 is 10.7.